The van der Waals surface area contributed by atoms with Crippen LogP contribution in [0, 0.1) is 0 Å². The lowest BCUT2D eigenvalue weighted by Crippen LogP contribution is -2.48. The maximum absolute atomic E-state index is 13.2. The Hall–Kier alpha value is -2.17. The minimum Gasteiger partial charge on any atom is -0.365 e. The zero-order valence-electron chi connectivity index (χ0n) is 16.8. The molecule has 4 rings (SSSR count). The lowest BCUT2D eigenvalue weighted by Gasteiger charge is -2.40. The van der Waals surface area contributed by atoms with E-state index in [-0.39, 0.29) is 16.9 Å². The smallest absolute Gasteiger partial charge is 0.192 e. The topological polar surface area (TPSA) is 34.0 Å². The van der Waals surface area contributed by atoms with E-state index in [1.165, 1.54) is 16.5 Å². The van der Waals surface area contributed by atoms with E-state index in [0.29, 0.717) is 6.54 Å². The first kappa shape index (κ1) is 18.2. The molecular formula is C23H28N2OSi. The van der Waals surface area contributed by atoms with Crippen LogP contribution in [-0.2, 0) is 0 Å². The summed E-state index contributed by atoms with van der Waals surface area (Å²) in [6.07, 6.45) is 0. The molecule has 1 aromatic heterocycles. The van der Waals surface area contributed by atoms with Gasteiger partial charge in [0.1, 0.15) is 0 Å². The number of ketones is 1. The average Bonchev–Trinajstić information content (AvgIpc) is 2.99. The number of hydrogen-bond acceptors (Lipinski definition) is 2. The zero-order valence-corrected chi connectivity index (χ0v) is 17.8. The lowest BCUT2D eigenvalue weighted by molar-refractivity contribution is 0.0972. The number of aromatic nitrogens is 1. The maximum Gasteiger partial charge on any atom is 0.192 e. The minimum absolute atomic E-state index is 0.0508. The molecule has 0 aliphatic carbocycles. The lowest BCUT2D eigenvalue weighted by atomic mass is 9.92. The molecule has 0 bridgehead atoms. The zero-order chi connectivity index (χ0) is 19.4. The number of rotatable bonds is 2. The number of carbonyl (C=O) groups is 1. The molecule has 1 aliphatic rings. The van der Waals surface area contributed by atoms with Crippen molar-refractivity contribution in [3.8, 4) is 0 Å². The number of Topliss-reactive ketones (excluding diaryl/α,β-unsaturated/α-hetero) is 1. The Kier molecular flexibility index (Phi) is 4.17. The highest BCUT2D eigenvalue weighted by atomic mass is 28.3. The van der Waals surface area contributed by atoms with Gasteiger partial charge in [-0.3, -0.25) is 10.1 Å². The maximum atomic E-state index is 13.2. The van der Waals surface area contributed by atoms with Crippen molar-refractivity contribution in [2.45, 2.75) is 44.9 Å². The van der Waals surface area contributed by atoms with E-state index in [0.717, 1.165) is 11.3 Å². The van der Waals surface area contributed by atoms with Crippen LogP contribution in [0.1, 0.15) is 48.4 Å². The van der Waals surface area contributed by atoms with Gasteiger partial charge in [-0.05, 0) is 16.7 Å². The largest absolute Gasteiger partial charge is 0.365 e. The second-order valence-corrected chi connectivity index (χ2v) is 14.1. The summed E-state index contributed by atoms with van der Waals surface area (Å²) in [5.41, 5.74) is 4.49. The molecule has 1 atom stereocenters. The first-order valence-electron chi connectivity index (χ1n) is 9.69. The van der Waals surface area contributed by atoms with E-state index < -0.39 is 8.24 Å². The Bertz CT molecular complexity index is 1010. The highest BCUT2D eigenvalue weighted by molar-refractivity contribution is 6.79. The molecule has 0 amide bonds. The highest BCUT2D eigenvalue weighted by Crippen LogP contribution is 2.44. The second kappa shape index (κ2) is 6.18. The van der Waals surface area contributed by atoms with Crippen molar-refractivity contribution >= 4 is 24.9 Å². The van der Waals surface area contributed by atoms with Crippen LogP contribution in [0.3, 0.4) is 0 Å². The van der Waals surface area contributed by atoms with Gasteiger partial charge in [-0.25, -0.2) is 0 Å². The summed E-state index contributed by atoms with van der Waals surface area (Å²) in [5, 5.41) is 4.83. The number of benzene rings is 2. The SMILES string of the molecule is CC(C)(C)[Si](C)(C)n1c2c(c3ccccc31)C(c1ccccc1)NCC2=O. The fourth-order valence-electron chi connectivity index (χ4n) is 4.06. The molecule has 3 aromatic rings. The molecule has 0 spiro atoms. The third-order valence-electron chi connectivity index (χ3n) is 6.46. The molecule has 2 aromatic carbocycles. The molecule has 2 heterocycles. The monoisotopic (exact) mass is 376 g/mol. The van der Waals surface area contributed by atoms with E-state index in [4.69, 9.17) is 0 Å². The minimum atomic E-state index is -1.98. The molecule has 0 fully saturated rings. The van der Waals surface area contributed by atoms with Gasteiger partial charge in [0.05, 0.1) is 18.3 Å². The number of fused-ring (bicyclic) bond motifs is 3. The molecule has 0 saturated heterocycles. The van der Waals surface area contributed by atoms with Crippen molar-refractivity contribution in [1.82, 2.24) is 9.55 Å². The van der Waals surface area contributed by atoms with E-state index in [2.05, 4.69) is 91.9 Å². The Balaban J connectivity index is 2.09. The van der Waals surface area contributed by atoms with E-state index >= 15 is 0 Å². The van der Waals surface area contributed by atoms with Crippen molar-refractivity contribution < 1.29 is 4.79 Å². The van der Waals surface area contributed by atoms with Crippen molar-refractivity contribution in [2.75, 3.05) is 6.54 Å². The average molecular weight is 377 g/mol. The summed E-state index contributed by atoms with van der Waals surface area (Å²) in [5.74, 6) is 0.207. The quantitative estimate of drug-likeness (QED) is 0.610. The Morgan fingerprint density at radius 3 is 2.30 bits per heavy atom. The first-order chi connectivity index (χ1) is 12.7. The molecular weight excluding hydrogens is 348 g/mol. The Morgan fingerprint density at radius 1 is 1.00 bits per heavy atom. The van der Waals surface area contributed by atoms with Crippen LogP contribution in [0.15, 0.2) is 54.6 Å². The predicted molar refractivity (Wildman–Crippen MR) is 115 cm³/mol. The van der Waals surface area contributed by atoms with Crippen LogP contribution in [0.5, 0.6) is 0 Å². The molecule has 3 nitrogen and oxygen atoms in total. The summed E-state index contributed by atoms with van der Waals surface area (Å²) < 4.78 is 2.44. The number of hydrogen-bond donors (Lipinski definition) is 1. The molecule has 1 aliphatic heterocycles. The third kappa shape index (κ3) is 2.70. The van der Waals surface area contributed by atoms with Crippen LogP contribution in [0.2, 0.25) is 18.1 Å². The van der Waals surface area contributed by atoms with Gasteiger partial charge in [0, 0.05) is 16.5 Å². The van der Waals surface area contributed by atoms with Crippen molar-refractivity contribution in [3.05, 3.63) is 71.4 Å². The summed E-state index contributed by atoms with van der Waals surface area (Å²) in [6, 6.07) is 19.1. The highest BCUT2D eigenvalue weighted by Gasteiger charge is 2.43. The van der Waals surface area contributed by atoms with Crippen molar-refractivity contribution in [1.29, 1.82) is 0 Å². The van der Waals surface area contributed by atoms with Gasteiger partial charge in [0.15, 0.2) is 14.0 Å². The van der Waals surface area contributed by atoms with Gasteiger partial charge >= 0.3 is 0 Å². The van der Waals surface area contributed by atoms with Crippen LogP contribution >= 0.6 is 0 Å². The number of nitrogens with one attached hydrogen (secondary N) is 1. The van der Waals surface area contributed by atoms with Crippen molar-refractivity contribution in [3.63, 3.8) is 0 Å². The molecule has 27 heavy (non-hydrogen) atoms. The van der Waals surface area contributed by atoms with Crippen LogP contribution in [0.25, 0.3) is 10.9 Å². The van der Waals surface area contributed by atoms with Crippen LogP contribution in [-0.4, -0.2) is 24.8 Å². The summed E-state index contributed by atoms with van der Waals surface area (Å²) >= 11 is 0. The molecule has 1 unspecified atom stereocenters. The third-order valence-corrected chi connectivity index (χ3v) is 11.7. The van der Waals surface area contributed by atoms with Gasteiger partial charge < -0.3 is 4.23 Å². The first-order valence-corrected chi connectivity index (χ1v) is 12.6. The van der Waals surface area contributed by atoms with Gasteiger partial charge in [-0.15, -0.1) is 0 Å². The second-order valence-electron chi connectivity index (χ2n) is 9.07. The number of carbonyl (C=O) groups excluding carboxylic acids is 1. The van der Waals surface area contributed by atoms with E-state index in [1.54, 1.807) is 0 Å². The number of para-hydroxylation sites is 1. The van der Waals surface area contributed by atoms with Crippen molar-refractivity contribution in [2.24, 2.45) is 0 Å². The summed E-state index contributed by atoms with van der Waals surface area (Å²) in [4.78, 5) is 13.2. The normalized spacial score (nSPS) is 18.0. The van der Waals surface area contributed by atoms with Crippen LogP contribution < -0.4 is 5.32 Å². The Morgan fingerprint density at radius 2 is 1.63 bits per heavy atom. The Labute approximate surface area is 162 Å². The van der Waals surface area contributed by atoms with Gasteiger partial charge in [0.2, 0.25) is 0 Å². The molecule has 140 valence electrons. The van der Waals surface area contributed by atoms with E-state index in [9.17, 15) is 4.79 Å². The van der Waals surface area contributed by atoms with Crippen LogP contribution in [0.4, 0.5) is 0 Å². The summed E-state index contributed by atoms with van der Waals surface area (Å²) in [7, 11) is -1.98. The molecule has 4 heteroatoms. The molecule has 0 saturated carbocycles. The van der Waals surface area contributed by atoms with Gasteiger partial charge in [-0.2, -0.15) is 0 Å². The number of nitrogens with zero attached hydrogens (tertiary/aromatic N) is 1. The molecule has 0 radical (unpaired) electrons. The van der Waals surface area contributed by atoms with Gasteiger partial charge in [0.25, 0.3) is 0 Å². The fourth-order valence-corrected chi connectivity index (χ4v) is 6.33. The standard InChI is InChI=1S/C23H28N2OSi/c1-23(2,3)27(4,5)25-18-14-10-9-13-17(18)20-21(16-11-7-6-8-12-16)24-15-19(26)22(20)25/h6-14,21,24H,15H2,1-5H3. The fraction of sp³-hybridized carbons (Fsp3) is 0.348. The van der Waals surface area contributed by atoms with Gasteiger partial charge in [-0.1, -0.05) is 82.4 Å². The van der Waals surface area contributed by atoms with E-state index in [1.807, 2.05) is 6.07 Å². The predicted octanol–water partition coefficient (Wildman–Crippen LogP) is 5.37. The molecule has 1 N–H and O–H groups in total. The summed E-state index contributed by atoms with van der Waals surface area (Å²) in [6.45, 7) is 12.1.